The standard InChI is InChI=1S/C14H27N3OS/c1-12(10-17-8-2-3-9-17)16-14(18)11-19-13-4-6-15-7-5-13/h12-13,15H,2-11H2,1H3,(H,16,18). The summed E-state index contributed by atoms with van der Waals surface area (Å²) in [7, 11) is 0. The van der Waals surface area contributed by atoms with Crippen LogP contribution >= 0.6 is 11.8 Å². The molecule has 19 heavy (non-hydrogen) atoms. The van der Waals surface area contributed by atoms with Gasteiger partial charge in [0.15, 0.2) is 0 Å². The van der Waals surface area contributed by atoms with Crippen molar-refractivity contribution in [1.82, 2.24) is 15.5 Å². The molecule has 2 aliphatic heterocycles. The van der Waals surface area contributed by atoms with E-state index in [1.165, 1.54) is 38.8 Å². The van der Waals surface area contributed by atoms with Crippen molar-refractivity contribution in [1.29, 1.82) is 0 Å². The van der Waals surface area contributed by atoms with Gasteiger partial charge in [-0.1, -0.05) is 0 Å². The van der Waals surface area contributed by atoms with Crippen molar-refractivity contribution >= 4 is 17.7 Å². The maximum absolute atomic E-state index is 11.9. The molecule has 2 aliphatic rings. The SMILES string of the molecule is CC(CN1CCCC1)NC(=O)CSC1CCNCC1. The van der Waals surface area contributed by atoms with E-state index in [-0.39, 0.29) is 11.9 Å². The van der Waals surface area contributed by atoms with E-state index in [1.807, 2.05) is 11.8 Å². The number of rotatable bonds is 6. The number of hydrogen-bond donors (Lipinski definition) is 2. The van der Waals surface area contributed by atoms with Crippen LogP contribution in [0.4, 0.5) is 0 Å². The van der Waals surface area contributed by atoms with Gasteiger partial charge in [-0.05, 0) is 58.8 Å². The van der Waals surface area contributed by atoms with Crippen molar-refractivity contribution in [2.75, 3.05) is 38.5 Å². The molecule has 2 heterocycles. The second-order valence-corrected chi connectivity index (χ2v) is 7.03. The summed E-state index contributed by atoms with van der Waals surface area (Å²) >= 11 is 1.82. The van der Waals surface area contributed by atoms with Gasteiger partial charge in [0, 0.05) is 17.8 Å². The van der Waals surface area contributed by atoms with Crippen molar-refractivity contribution in [3.8, 4) is 0 Å². The lowest BCUT2D eigenvalue weighted by Gasteiger charge is -2.23. The predicted octanol–water partition coefficient (Wildman–Crippen LogP) is 1.07. The summed E-state index contributed by atoms with van der Waals surface area (Å²) in [6.07, 6.45) is 5.01. The van der Waals surface area contributed by atoms with Crippen LogP contribution in [0.15, 0.2) is 0 Å². The van der Waals surface area contributed by atoms with Crippen LogP contribution in [-0.4, -0.2) is 60.6 Å². The molecule has 1 atom stereocenters. The van der Waals surface area contributed by atoms with E-state index in [1.54, 1.807) is 0 Å². The van der Waals surface area contributed by atoms with Crippen molar-refractivity contribution in [2.24, 2.45) is 0 Å². The number of carbonyl (C=O) groups excluding carboxylic acids is 1. The molecule has 2 fully saturated rings. The summed E-state index contributed by atoms with van der Waals surface area (Å²) in [5.41, 5.74) is 0. The fourth-order valence-electron chi connectivity index (χ4n) is 2.87. The molecule has 1 unspecified atom stereocenters. The Bertz CT molecular complexity index is 276. The fourth-order valence-corrected chi connectivity index (χ4v) is 3.91. The van der Waals surface area contributed by atoms with Gasteiger partial charge in [-0.15, -0.1) is 11.8 Å². The average molecular weight is 285 g/mol. The van der Waals surface area contributed by atoms with Gasteiger partial charge in [0.05, 0.1) is 5.75 Å². The zero-order valence-electron chi connectivity index (χ0n) is 12.0. The number of likely N-dealkylation sites (tertiary alicyclic amines) is 1. The summed E-state index contributed by atoms with van der Waals surface area (Å²) in [4.78, 5) is 14.4. The van der Waals surface area contributed by atoms with Crippen molar-refractivity contribution < 1.29 is 4.79 Å². The second-order valence-electron chi connectivity index (χ2n) is 5.74. The first-order valence-electron chi connectivity index (χ1n) is 7.58. The minimum Gasteiger partial charge on any atom is -0.352 e. The summed E-state index contributed by atoms with van der Waals surface area (Å²) in [5, 5.41) is 7.15. The third kappa shape index (κ3) is 5.71. The van der Waals surface area contributed by atoms with E-state index in [9.17, 15) is 4.79 Å². The number of amides is 1. The lowest BCUT2D eigenvalue weighted by atomic mass is 10.2. The Balaban J connectivity index is 1.57. The van der Waals surface area contributed by atoms with E-state index in [2.05, 4.69) is 22.5 Å². The van der Waals surface area contributed by atoms with Crippen LogP contribution in [0.3, 0.4) is 0 Å². The Morgan fingerprint density at radius 3 is 2.74 bits per heavy atom. The van der Waals surface area contributed by atoms with Crippen LogP contribution in [0.25, 0.3) is 0 Å². The minimum atomic E-state index is 0.204. The Hall–Kier alpha value is -0.260. The first kappa shape index (κ1) is 15.1. The summed E-state index contributed by atoms with van der Waals surface area (Å²) in [6, 6.07) is 0.277. The largest absolute Gasteiger partial charge is 0.352 e. The lowest BCUT2D eigenvalue weighted by molar-refractivity contribution is -0.119. The number of carbonyl (C=O) groups is 1. The molecule has 1 amide bonds. The zero-order chi connectivity index (χ0) is 13.5. The first-order chi connectivity index (χ1) is 9.24. The highest BCUT2D eigenvalue weighted by Crippen LogP contribution is 2.19. The summed E-state index contributed by atoms with van der Waals surface area (Å²) in [5.74, 6) is 0.824. The normalized spacial score (nSPS) is 23.4. The molecule has 0 saturated carbocycles. The molecular weight excluding hydrogens is 258 g/mol. The van der Waals surface area contributed by atoms with E-state index < -0.39 is 0 Å². The molecule has 110 valence electrons. The molecule has 2 N–H and O–H groups in total. The maximum Gasteiger partial charge on any atom is 0.230 e. The molecule has 0 aromatic rings. The van der Waals surface area contributed by atoms with E-state index >= 15 is 0 Å². The summed E-state index contributed by atoms with van der Waals surface area (Å²) in [6.45, 7) is 7.72. The van der Waals surface area contributed by atoms with E-state index in [4.69, 9.17) is 0 Å². The Morgan fingerprint density at radius 2 is 2.05 bits per heavy atom. The minimum absolute atomic E-state index is 0.204. The van der Waals surface area contributed by atoms with Gasteiger partial charge in [-0.25, -0.2) is 0 Å². The van der Waals surface area contributed by atoms with Crippen LogP contribution in [0.5, 0.6) is 0 Å². The molecule has 0 radical (unpaired) electrons. The highest BCUT2D eigenvalue weighted by Gasteiger charge is 2.18. The van der Waals surface area contributed by atoms with Crippen LogP contribution < -0.4 is 10.6 Å². The van der Waals surface area contributed by atoms with E-state index in [0.717, 1.165) is 19.6 Å². The van der Waals surface area contributed by atoms with Gasteiger partial charge in [-0.3, -0.25) is 4.79 Å². The third-order valence-corrected chi connectivity index (χ3v) is 5.25. The molecule has 0 spiro atoms. The molecule has 4 nitrogen and oxygen atoms in total. The second kappa shape index (κ2) is 8.12. The van der Waals surface area contributed by atoms with Crippen LogP contribution in [-0.2, 0) is 4.79 Å². The molecule has 2 rings (SSSR count). The Morgan fingerprint density at radius 1 is 1.37 bits per heavy atom. The number of thioether (sulfide) groups is 1. The molecule has 0 aliphatic carbocycles. The van der Waals surface area contributed by atoms with Gasteiger partial charge in [0.1, 0.15) is 0 Å². The van der Waals surface area contributed by atoms with Crippen LogP contribution in [0, 0.1) is 0 Å². The third-order valence-electron chi connectivity index (χ3n) is 3.87. The highest BCUT2D eigenvalue weighted by atomic mass is 32.2. The quantitative estimate of drug-likeness (QED) is 0.766. The molecular formula is C14H27N3OS. The lowest BCUT2D eigenvalue weighted by Crippen LogP contribution is -2.42. The number of piperidine rings is 1. The Kier molecular flexibility index (Phi) is 6.47. The van der Waals surface area contributed by atoms with Crippen molar-refractivity contribution in [2.45, 2.75) is 43.9 Å². The fraction of sp³-hybridized carbons (Fsp3) is 0.929. The summed E-state index contributed by atoms with van der Waals surface area (Å²) < 4.78 is 0. The molecule has 0 bridgehead atoms. The van der Waals surface area contributed by atoms with Crippen molar-refractivity contribution in [3.05, 3.63) is 0 Å². The Labute approximate surface area is 121 Å². The topological polar surface area (TPSA) is 44.4 Å². The first-order valence-corrected chi connectivity index (χ1v) is 8.63. The monoisotopic (exact) mass is 285 g/mol. The smallest absolute Gasteiger partial charge is 0.230 e. The van der Waals surface area contributed by atoms with E-state index in [0.29, 0.717) is 11.0 Å². The molecule has 0 aromatic heterocycles. The van der Waals surface area contributed by atoms with Gasteiger partial charge in [0.2, 0.25) is 5.91 Å². The number of nitrogens with zero attached hydrogens (tertiary/aromatic N) is 1. The molecule has 2 saturated heterocycles. The number of nitrogens with one attached hydrogen (secondary N) is 2. The van der Waals surface area contributed by atoms with Gasteiger partial charge >= 0.3 is 0 Å². The highest BCUT2D eigenvalue weighted by molar-refractivity contribution is 8.00. The zero-order valence-corrected chi connectivity index (χ0v) is 12.8. The van der Waals surface area contributed by atoms with Gasteiger partial charge in [-0.2, -0.15) is 0 Å². The van der Waals surface area contributed by atoms with Gasteiger partial charge < -0.3 is 15.5 Å². The van der Waals surface area contributed by atoms with Gasteiger partial charge in [0.25, 0.3) is 0 Å². The molecule has 0 aromatic carbocycles. The average Bonchev–Trinajstić information content (AvgIpc) is 2.90. The number of hydrogen-bond acceptors (Lipinski definition) is 4. The van der Waals surface area contributed by atoms with Crippen LogP contribution in [0.1, 0.15) is 32.6 Å². The maximum atomic E-state index is 11.9. The van der Waals surface area contributed by atoms with Crippen LogP contribution in [0.2, 0.25) is 0 Å². The van der Waals surface area contributed by atoms with Crippen molar-refractivity contribution in [3.63, 3.8) is 0 Å². The molecule has 5 heteroatoms. The predicted molar refractivity (Wildman–Crippen MR) is 81.6 cm³/mol.